The fourth-order valence-electron chi connectivity index (χ4n) is 3.40. The molecule has 144 valence electrons. The van der Waals surface area contributed by atoms with E-state index in [1.54, 1.807) is 12.1 Å². The van der Waals surface area contributed by atoms with E-state index >= 15 is 0 Å². The fourth-order valence-corrected chi connectivity index (χ4v) is 3.40. The fraction of sp³-hybridized carbons (Fsp3) is 0.0870. The summed E-state index contributed by atoms with van der Waals surface area (Å²) in [4.78, 5) is 20.4. The molecular formula is C23H19N3O3. The van der Waals surface area contributed by atoms with Crippen LogP contribution >= 0.6 is 0 Å². The van der Waals surface area contributed by atoms with Crippen molar-refractivity contribution in [1.29, 1.82) is 0 Å². The number of fused-ring (bicyclic) bond motifs is 1. The van der Waals surface area contributed by atoms with Gasteiger partial charge in [-0.05, 0) is 36.8 Å². The summed E-state index contributed by atoms with van der Waals surface area (Å²) in [5.74, 6) is 0.154. The number of allylic oxidation sites excluding steroid dienone is 1. The van der Waals surface area contributed by atoms with Gasteiger partial charge >= 0.3 is 5.97 Å². The third-order valence-corrected chi connectivity index (χ3v) is 4.69. The van der Waals surface area contributed by atoms with E-state index in [4.69, 9.17) is 4.74 Å². The molecule has 2 aromatic heterocycles. The van der Waals surface area contributed by atoms with E-state index in [2.05, 4.69) is 9.97 Å². The Bertz CT molecular complexity index is 1230. The molecule has 4 aromatic rings. The summed E-state index contributed by atoms with van der Waals surface area (Å²) >= 11 is 0. The Labute approximate surface area is 167 Å². The molecule has 0 aliphatic rings. The topological polar surface area (TPSA) is 77.2 Å². The maximum atomic E-state index is 11.7. The van der Waals surface area contributed by atoms with Crippen molar-refractivity contribution in [3.8, 4) is 22.9 Å². The van der Waals surface area contributed by atoms with Gasteiger partial charge in [0.1, 0.15) is 17.6 Å². The Morgan fingerprint density at radius 1 is 1.10 bits per heavy atom. The zero-order valence-corrected chi connectivity index (χ0v) is 16.0. The number of ether oxygens (including phenoxy) is 1. The normalized spacial score (nSPS) is 11.2. The van der Waals surface area contributed by atoms with E-state index in [0.29, 0.717) is 17.2 Å². The summed E-state index contributed by atoms with van der Waals surface area (Å²) in [6.45, 7) is 1.86. The molecule has 0 saturated heterocycles. The maximum Gasteiger partial charge on any atom is 0.336 e. The van der Waals surface area contributed by atoms with Crippen LogP contribution in [0.2, 0.25) is 0 Å². The quantitative estimate of drug-likeness (QED) is 0.513. The number of carboxylic acids is 1. The summed E-state index contributed by atoms with van der Waals surface area (Å²) in [5, 5.41) is 9.60. The highest BCUT2D eigenvalue weighted by molar-refractivity contribution is 5.97. The highest BCUT2D eigenvalue weighted by Gasteiger charge is 2.19. The number of aromatic nitrogens is 3. The van der Waals surface area contributed by atoms with Crippen molar-refractivity contribution in [2.24, 2.45) is 7.05 Å². The van der Waals surface area contributed by atoms with Crippen molar-refractivity contribution in [2.45, 2.75) is 6.92 Å². The first-order valence-electron chi connectivity index (χ1n) is 9.13. The van der Waals surface area contributed by atoms with Crippen molar-refractivity contribution in [1.82, 2.24) is 14.5 Å². The van der Waals surface area contributed by atoms with Gasteiger partial charge < -0.3 is 14.4 Å². The van der Waals surface area contributed by atoms with Crippen LogP contribution in [0.1, 0.15) is 22.8 Å². The second kappa shape index (κ2) is 7.59. The van der Waals surface area contributed by atoms with Crippen LogP contribution in [-0.4, -0.2) is 25.6 Å². The van der Waals surface area contributed by atoms with E-state index in [1.165, 1.54) is 6.33 Å². The largest absolute Gasteiger partial charge is 0.478 e. The predicted molar refractivity (Wildman–Crippen MR) is 112 cm³/mol. The van der Waals surface area contributed by atoms with E-state index in [-0.39, 0.29) is 5.56 Å². The number of para-hydroxylation sites is 1. The number of hydrogen-bond donors (Lipinski definition) is 1. The zero-order valence-electron chi connectivity index (χ0n) is 16.0. The highest BCUT2D eigenvalue weighted by atomic mass is 16.5. The van der Waals surface area contributed by atoms with Gasteiger partial charge in [0.25, 0.3) is 0 Å². The van der Waals surface area contributed by atoms with Gasteiger partial charge in [-0.2, -0.15) is 4.98 Å². The van der Waals surface area contributed by atoms with Gasteiger partial charge in [-0.15, -0.1) is 0 Å². The standard InChI is InChI=1S/C23H19N3O3/c1-3-8-16-17(11-7-12-18(16)23(27)28)20-13-19-21(26(20)2)22(25-14-24-19)29-15-9-5-4-6-10-15/h3-14H,1-2H3,(H,27,28)/b8-3+. The Morgan fingerprint density at radius 2 is 1.90 bits per heavy atom. The first kappa shape index (κ1) is 18.4. The lowest BCUT2D eigenvalue weighted by Crippen LogP contribution is -2.02. The van der Waals surface area contributed by atoms with Gasteiger partial charge in [0.2, 0.25) is 5.88 Å². The third kappa shape index (κ3) is 3.36. The number of benzene rings is 2. The Kier molecular flexibility index (Phi) is 4.83. The highest BCUT2D eigenvalue weighted by Crippen LogP contribution is 2.35. The van der Waals surface area contributed by atoms with Gasteiger partial charge in [-0.3, -0.25) is 0 Å². The second-order valence-corrected chi connectivity index (χ2v) is 6.49. The summed E-state index contributed by atoms with van der Waals surface area (Å²) in [6.07, 6.45) is 5.10. The monoisotopic (exact) mass is 385 g/mol. The summed E-state index contributed by atoms with van der Waals surface area (Å²) in [5.41, 5.74) is 3.97. The number of rotatable bonds is 5. The molecule has 0 aliphatic heterocycles. The van der Waals surface area contributed by atoms with Gasteiger partial charge in [0.15, 0.2) is 0 Å². The van der Waals surface area contributed by atoms with Crippen LogP contribution in [0.3, 0.4) is 0 Å². The lowest BCUT2D eigenvalue weighted by atomic mass is 9.98. The lowest BCUT2D eigenvalue weighted by Gasteiger charge is -2.12. The van der Waals surface area contributed by atoms with E-state index < -0.39 is 5.97 Å². The van der Waals surface area contributed by atoms with Crippen molar-refractivity contribution in [3.05, 3.63) is 78.1 Å². The molecule has 29 heavy (non-hydrogen) atoms. The first-order chi connectivity index (χ1) is 14.1. The van der Waals surface area contributed by atoms with E-state index in [0.717, 1.165) is 22.3 Å². The van der Waals surface area contributed by atoms with Crippen molar-refractivity contribution in [3.63, 3.8) is 0 Å². The molecule has 0 fully saturated rings. The first-order valence-corrected chi connectivity index (χ1v) is 9.13. The molecule has 6 nitrogen and oxygen atoms in total. The van der Waals surface area contributed by atoms with Crippen LogP contribution in [-0.2, 0) is 7.05 Å². The Balaban J connectivity index is 1.91. The molecular weight excluding hydrogens is 366 g/mol. The lowest BCUT2D eigenvalue weighted by molar-refractivity contribution is 0.0696. The zero-order chi connectivity index (χ0) is 20.4. The van der Waals surface area contributed by atoms with Gasteiger partial charge in [0, 0.05) is 12.6 Å². The minimum absolute atomic E-state index is 0.248. The van der Waals surface area contributed by atoms with Gasteiger partial charge in [0.05, 0.1) is 16.8 Å². The molecule has 1 N–H and O–H groups in total. The average molecular weight is 385 g/mol. The van der Waals surface area contributed by atoms with Crippen LogP contribution in [0, 0.1) is 0 Å². The number of hydrogen-bond acceptors (Lipinski definition) is 4. The molecule has 2 heterocycles. The average Bonchev–Trinajstić information content (AvgIpc) is 3.06. The van der Waals surface area contributed by atoms with Crippen LogP contribution in [0.4, 0.5) is 0 Å². The molecule has 2 aromatic carbocycles. The molecule has 6 heteroatoms. The minimum atomic E-state index is -0.966. The molecule has 0 spiro atoms. The van der Waals surface area contributed by atoms with Crippen molar-refractivity contribution in [2.75, 3.05) is 0 Å². The number of aromatic carboxylic acids is 1. The number of carbonyl (C=O) groups is 1. The molecule has 0 amide bonds. The minimum Gasteiger partial charge on any atom is -0.478 e. The molecule has 0 unspecified atom stereocenters. The van der Waals surface area contributed by atoms with Crippen LogP contribution in [0.5, 0.6) is 11.6 Å². The van der Waals surface area contributed by atoms with E-state index in [1.807, 2.05) is 73.2 Å². The summed E-state index contributed by atoms with van der Waals surface area (Å²) in [6, 6.07) is 16.6. The van der Waals surface area contributed by atoms with Gasteiger partial charge in [-0.1, -0.05) is 42.5 Å². The Morgan fingerprint density at radius 3 is 2.62 bits per heavy atom. The smallest absolute Gasteiger partial charge is 0.336 e. The van der Waals surface area contributed by atoms with Crippen LogP contribution in [0.15, 0.2) is 67.0 Å². The third-order valence-electron chi connectivity index (χ3n) is 4.69. The van der Waals surface area contributed by atoms with Crippen LogP contribution < -0.4 is 4.74 Å². The van der Waals surface area contributed by atoms with E-state index in [9.17, 15) is 9.90 Å². The molecule has 0 saturated carbocycles. The molecule has 0 radical (unpaired) electrons. The van der Waals surface area contributed by atoms with Crippen molar-refractivity contribution >= 4 is 23.1 Å². The molecule has 0 bridgehead atoms. The molecule has 0 atom stereocenters. The Hall–Kier alpha value is -3.93. The number of carboxylic acid groups (broad SMARTS) is 1. The predicted octanol–water partition coefficient (Wildman–Crippen LogP) is 5.16. The van der Waals surface area contributed by atoms with Gasteiger partial charge in [-0.25, -0.2) is 9.78 Å². The second-order valence-electron chi connectivity index (χ2n) is 6.49. The SMILES string of the molecule is C/C=C/c1c(C(=O)O)cccc1-c1cc2ncnc(Oc3ccccc3)c2n1C. The number of nitrogens with zero attached hydrogens (tertiary/aromatic N) is 3. The molecule has 4 rings (SSSR count). The maximum absolute atomic E-state index is 11.7. The van der Waals surface area contributed by atoms with Crippen molar-refractivity contribution < 1.29 is 14.6 Å². The van der Waals surface area contributed by atoms with Crippen LogP contribution in [0.25, 0.3) is 28.4 Å². The summed E-state index contributed by atoms with van der Waals surface area (Å²) < 4.78 is 7.91. The summed E-state index contributed by atoms with van der Waals surface area (Å²) in [7, 11) is 1.89. The number of aryl methyl sites for hydroxylation is 1. The molecule has 0 aliphatic carbocycles.